The van der Waals surface area contributed by atoms with Crippen LogP contribution in [0.3, 0.4) is 0 Å². The number of ether oxygens (including phenoxy) is 1. The van der Waals surface area contributed by atoms with Gasteiger partial charge in [0.2, 0.25) is 11.8 Å². The predicted octanol–water partition coefficient (Wildman–Crippen LogP) is 3.67. The monoisotopic (exact) mass is 514 g/mol. The zero-order valence-corrected chi connectivity index (χ0v) is 21.5. The summed E-state index contributed by atoms with van der Waals surface area (Å²) in [5, 5.41) is 4.12. The number of nitrogens with one attached hydrogen (secondary N) is 1. The van der Waals surface area contributed by atoms with E-state index in [9.17, 15) is 19.2 Å². The maximum Gasteiger partial charge on any atom is 0.328 e. The summed E-state index contributed by atoms with van der Waals surface area (Å²) in [7, 11) is 0. The number of fused-ring (bicyclic) bond motifs is 3. The van der Waals surface area contributed by atoms with E-state index in [1.54, 1.807) is 23.2 Å². The van der Waals surface area contributed by atoms with E-state index in [1.807, 2.05) is 41.8 Å². The molecule has 4 atom stereocenters. The lowest BCUT2D eigenvalue weighted by molar-refractivity contribution is -0.160. The van der Waals surface area contributed by atoms with Crippen LogP contribution in [0.2, 0.25) is 0 Å². The summed E-state index contributed by atoms with van der Waals surface area (Å²) in [6.45, 7) is 3.43. The van der Waals surface area contributed by atoms with Crippen LogP contribution in [-0.2, 0) is 36.8 Å². The van der Waals surface area contributed by atoms with E-state index in [-0.39, 0.29) is 29.6 Å². The van der Waals surface area contributed by atoms with Gasteiger partial charge in [-0.25, -0.2) is 4.79 Å². The number of piperidine rings is 1. The van der Waals surface area contributed by atoms with Crippen molar-refractivity contribution in [1.29, 1.82) is 0 Å². The van der Waals surface area contributed by atoms with E-state index in [0.29, 0.717) is 19.3 Å². The van der Waals surface area contributed by atoms with Crippen molar-refractivity contribution < 1.29 is 23.9 Å². The van der Waals surface area contributed by atoms with E-state index < -0.39 is 23.3 Å². The zero-order valence-electron chi connectivity index (χ0n) is 19.9. The molecule has 1 aromatic carbocycles. The third-order valence-electron chi connectivity index (χ3n) is 6.45. The number of nitrogens with zero attached hydrogens (tertiary/aromatic N) is 1. The highest BCUT2D eigenvalue weighted by Gasteiger charge is 2.45. The number of benzene rings is 1. The van der Waals surface area contributed by atoms with Gasteiger partial charge in [0.1, 0.15) is 12.1 Å². The summed E-state index contributed by atoms with van der Waals surface area (Å²) in [5.74, 6) is -1.02. The van der Waals surface area contributed by atoms with Gasteiger partial charge in [0.25, 0.3) is 0 Å². The molecule has 2 aromatic rings. The summed E-state index contributed by atoms with van der Waals surface area (Å²) < 4.78 is 5.30. The molecule has 2 amide bonds. The van der Waals surface area contributed by atoms with Crippen LogP contribution in [0.1, 0.15) is 55.2 Å². The maximum atomic E-state index is 13.8. The summed E-state index contributed by atoms with van der Waals surface area (Å²) >= 11 is 2.54. The fourth-order valence-electron chi connectivity index (χ4n) is 4.94. The second kappa shape index (κ2) is 11.4. The van der Waals surface area contributed by atoms with E-state index in [2.05, 4.69) is 5.32 Å². The van der Waals surface area contributed by atoms with Gasteiger partial charge in [0, 0.05) is 18.2 Å². The van der Waals surface area contributed by atoms with Crippen LogP contribution in [0.5, 0.6) is 0 Å². The van der Waals surface area contributed by atoms with Gasteiger partial charge in [0.05, 0.1) is 17.9 Å². The molecule has 3 heterocycles. The Hall–Kier alpha value is -2.65. The zero-order chi connectivity index (χ0) is 24.9. The lowest BCUT2D eigenvalue weighted by atomic mass is 9.91. The van der Waals surface area contributed by atoms with Crippen LogP contribution in [0.4, 0.5) is 0 Å². The molecule has 9 heteroatoms. The Labute approximate surface area is 213 Å². The van der Waals surface area contributed by atoms with Gasteiger partial charge in [-0.05, 0) is 55.2 Å². The lowest BCUT2D eigenvalue weighted by Crippen LogP contribution is -2.57. The largest absolute Gasteiger partial charge is 0.464 e. The quantitative estimate of drug-likeness (QED) is 0.567. The van der Waals surface area contributed by atoms with Gasteiger partial charge in [-0.2, -0.15) is 0 Å². The van der Waals surface area contributed by atoms with Gasteiger partial charge in [-0.15, -0.1) is 11.3 Å². The smallest absolute Gasteiger partial charge is 0.328 e. The third kappa shape index (κ3) is 5.78. The molecule has 1 N–H and O–H groups in total. The third-order valence-corrected chi connectivity index (χ3v) is 8.40. The fraction of sp³-hybridized carbons (Fsp3) is 0.462. The first-order valence-corrected chi connectivity index (χ1v) is 13.7. The number of carbonyl (C=O) groups excluding carboxylic acids is 4. The first-order chi connectivity index (χ1) is 16.9. The molecule has 0 saturated carbocycles. The molecule has 1 saturated heterocycles. The second-order valence-electron chi connectivity index (χ2n) is 8.81. The minimum atomic E-state index is -0.814. The number of rotatable bonds is 7. The SMILES string of the molecule is CCOC(=O)C1CCCC2c3ccsc3CC(NC(=O)[C@H](Cc3ccccc3)SC(C)=O)C(=O)N12. The van der Waals surface area contributed by atoms with Crippen molar-refractivity contribution in [2.24, 2.45) is 0 Å². The van der Waals surface area contributed by atoms with Crippen LogP contribution in [0, 0.1) is 0 Å². The van der Waals surface area contributed by atoms with Crippen LogP contribution in [0.15, 0.2) is 41.8 Å². The average molecular weight is 515 g/mol. The number of hydrogen-bond acceptors (Lipinski definition) is 7. The van der Waals surface area contributed by atoms with Crippen molar-refractivity contribution in [3.8, 4) is 0 Å². The Morgan fingerprint density at radius 3 is 2.69 bits per heavy atom. The molecule has 186 valence electrons. The first-order valence-electron chi connectivity index (χ1n) is 12.0. The normalized spacial score (nSPS) is 22.4. The minimum absolute atomic E-state index is 0.160. The highest BCUT2D eigenvalue weighted by molar-refractivity contribution is 8.14. The number of esters is 1. The van der Waals surface area contributed by atoms with E-state index in [4.69, 9.17) is 4.74 Å². The molecular weight excluding hydrogens is 484 g/mol. The van der Waals surface area contributed by atoms with Crippen LogP contribution < -0.4 is 5.32 Å². The molecule has 7 nitrogen and oxygen atoms in total. The molecule has 3 unspecified atom stereocenters. The highest BCUT2D eigenvalue weighted by atomic mass is 32.2. The van der Waals surface area contributed by atoms with Gasteiger partial charge in [-0.3, -0.25) is 14.4 Å². The Morgan fingerprint density at radius 2 is 1.97 bits per heavy atom. The molecular formula is C26H30N2O5S2. The maximum absolute atomic E-state index is 13.8. The lowest BCUT2D eigenvalue weighted by Gasteiger charge is -2.41. The average Bonchev–Trinajstić information content (AvgIpc) is 3.27. The number of hydrogen-bond donors (Lipinski definition) is 1. The van der Waals surface area contributed by atoms with Crippen LogP contribution in [-0.4, -0.2) is 51.7 Å². The summed E-state index contributed by atoms with van der Waals surface area (Å²) in [4.78, 5) is 54.6. The van der Waals surface area contributed by atoms with Crippen molar-refractivity contribution in [1.82, 2.24) is 10.2 Å². The predicted molar refractivity (Wildman–Crippen MR) is 136 cm³/mol. The van der Waals surface area contributed by atoms with Crippen molar-refractivity contribution in [3.05, 3.63) is 57.8 Å². The van der Waals surface area contributed by atoms with Crippen molar-refractivity contribution in [3.63, 3.8) is 0 Å². The van der Waals surface area contributed by atoms with Gasteiger partial charge in [-0.1, -0.05) is 42.1 Å². The summed E-state index contributed by atoms with van der Waals surface area (Å²) in [6, 6.07) is 9.84. The summed E-state index contributed by atoms with van der Waals surface area (Å²) in [5.41, 5.74) is 1.99. The number of thiophene rings is 1. The van der Waals surface area contributed by atoms with Gasteiger partial charge >= 0.3 is 5.97 Å². The van der Waals surface area contributed by atoms with Crippen molar-refractivity contribution >= 4 is 46.0 Å². The van der Waals surface area contributed by atoms with Gasteiger partial charge < -0.3 is 15.0 Å². The van der Waals surface area contributed by atoms with Crippen molar-refractivity contribution in [2.75, 3.05) is 6.61 Å². The molecule has 2 aliphatic heterocycles. The molecule has 0 aliphatic carbocycles. The number of carbonyl (C=O) groups is 4. The van der Waals surface area contributed by atoms with E-state index in [0.717, 1.165) is 40.6 Å². The standard InChI is InChI=1S/C26H30N2O5S2/c1-3-33-26(32)21-11-7-10-20-18-12-13-34-22(18)15-19(25(31)28(20)21)27-24(30)23(35-16(2)29)14-17-8-5-4-6-9-17/h4-6,8-9,12-13,19-21,23H,3,7,10-11,14-15H2,1-2H3,(H,27,30)/t19?,20?,21?,23-/m0/s1. The number of thioether (sulfide) groups is 1. The molecule has 4 rings (SSSR count). The Balaban J connectivity index is 1.60. The molecule has 35 heavy (non-hydrogen) atoms. The van der Waals surface area contributed by atoms with Crippen molar-refractivity contribution in [2.45, 2.75) is 69.3 Å². The molecule has 0 radical (unpaired) electrons. The molecule has 0 spiro atoms. The number of amides is 2. The molecule has 2 aliphatic rings. The molecule has 0 bridgehead atoms. The van der Waals surface area contributed by atoms with E-state index in [1.165, 1.54) is 6.92 Å². The first kappa shape index (κ1) is 25.4. The topological polar surface area (TPSA) is 92.8 Å². The highest BCUT2D eigenvalue weighted by Crippen LogP contribution is 2.41. The summed E-state index contributed by atoms with van der Waals surface area (Å²) in [6.07, 6.45) is 2.86. The Morgan fingerprint density at radius 1 is 1.20 bits per heavy atom. The van der Waals surface area contributed by atoms with Crippen LogP contribution in [0.25, 0.3) is 0 Å². The van der Waals surface area contributed by atoms with Crippen LogP contribution >= 0.6 is 23.1 Å². The molecule has 1 aromatic heterocycles. The molecule has 1 fully saturated rings. The Kier molecular flexibility index (Phi) is 8.28. The van der Waals surface area contributed by atoms with Gasteiger partial charge in [0.15, 0.2) is 5.12 Å². The second-order valence-corrected chi connectivity index (χ2v) is 11.2. The Bertz CT molecular complexity index is 1090. The minimum Gasteiger partial charge on any atom is -0.464 e. The van der Waals surface area contributed by atoms with E-state index >= 15 is 0 Å². The fourth-order valence-corrected chi connectivity index (χ4v) is 6.78.